The van der Waals surface area contributed by atoms with Crippen molar-refractivity contribution in [2.24, 2.45) is 52.1 Å². The lowest BCUT2D eigenvalue weighted by Crippen LogP contribution is -2.51. The van der Waals surface area contributed by atoms with Gasteiger partial charge in [0.1, 0.15) is 6.04 Å². The van der Waals surface area contributed by atoms with Crippen LogP contribution in [-0.2, 0) is 35.3 Å². The fraction of sp³-hybridized carbons (Fsp3) is 0.723. The van der Waals surface area contributed by atoms with E-state index in [0.29, 0.717) is 36.2 Å². The number of anilines is 1. The molecule has 4 aliphatic carbocycles. The normalized spacial score (nSPS) is 28.3. The number of aliphatic hydroxyl groups is 1. The molecule has 59 heavy (non-hydrogen) atoms. The van der Waals surface area contributed by atoms with Gasteiger partial charge in [-0.2, -0.15) is 0 Å². The number of carbonyl (C=O) groups excluding carboxylic acids is 5. The summed E-state index contributed by atoms with van der Waals surface area (Å²) in [7, 11) is 0. The van der Waals surface area contributed by atoms with Crippen LogP contribution in [0, 0.1) is 46.3 Å². The summed E-state index contributed by atoms with van der Waals surface area (Å²) in [5.41, 5.74) is 8.84. The number of allylic oxidation sites excluding steroid dienone is 1. The number of hydrogen-bond donors (Lipinski definition) is 6. The first-order valence-electron chi connectivity index (χ1n) is 22.6. The lowest BCUT2D eigenvalue weighted by atomic mass is 9.47. The molecular formula is C47H73N5O7. The SMILES string of the molecule is CC(C)CCCC(C)C1CCC2C3CC=C4CC(OCCCNC(=O)CCC(=O)NC(CC(N)=O)C(=O)NCC(=O)Nc5ccc(CO)cc5)CCC4(C)C3CCC12C. The van der Waals surface area contributed by atoms with Gasteiger partial charge in [0.05, 0.1) is 25.7 Å². The molecule has 12 nitrogen and oxygen atoms in total. The Bertz CT molecular complexity index is 1650. The van der Waals surface area contributed by atoms with Crippen molar-refractivity contribution in [1.29, 1.82) is 0 Å². The molecule has 0 aliphatic heterocycles. The molecule has 3 fully saturated rings. The van der Waals surface area contributed by atoms with Crippen LogP contribution in [0.1, 0.15) is 136 Å². The number of amides is 5. The highest BCUT2D eigenvalue weighted by Gasteiger charge is 2.59. The van der Waals surface area contributed by atoms with E-state index in [2.05, 4.69) is 62.0 Å². The van der Waals surface area contributed by atoms with E-state index in [0.717, 1.165) is 48.3 Å². The predicted octanol–water partition coefficient (Wildman–Crippen LogP) is 6.31. The molecule has 328 valence electrons. The second kappa shape index (κ2) is 21.2. The maximum Gasteiger partial charge on any atom is 0.243 e. The van der Waals surface area contributed by atoms with Crippen LogP contribution in [0.2, 0.25) is 0 Å². The van der Waals surface area contributed by atoms with Crippen molar-refractivity contribution in [3.63, 3.8) is 0 Å². The first-order valence-corrected chi connectivity index (χ1v) is 22.6. The Labute approximate surface area is 352 Å². The number of benzene rings is 1. The maximum atomic E-state index is 12.7. The molecule has 9 atom stereocenters. The van der Waals surface area contributed by atoms with Gasteiger partial charge in [-0.15, -0.1) is 0 Å². The Kier molecular flexibility index (Phi) is 16.6. The molecule has 3 saturated carbocycles. The number of hydrogen-bond acceptors (Lipinski definition) is 7. The van der Waals surface area contributed by atoms with Crippen LogP contribution in [-0.4, -0.2) is 66.5 Å². The van der Waals surface area contributed by atoms with E-state index >= 15 is 0 Å². The Morgan fingerprint density at radius 3 is 2.34 bits per heavy atom. The van der Waals surface area contributed by atoms with Gasteiger partial charge in [0.25, 0.3) is 0 Å². The van der Waals surface area contributed by atoms with Crippen LogP contribution < -0.4 is 27.0 Å². The Morgan fingerprint density at radius 2 is 1.63 bits per heavy atom. The number of ether oxygens (including phenoxy) is 1. The van der Waals surface area contributed by atoms with Crippen LogP contribution in [0.3, 0.4) is 0 Å². The van der Waals surface area contributed by atoms with E-state index in [9.17, 15) is 24.0 Å². The van der Waals surface area contributed by atoms with E-state index in [1.54, 1.807) is 29.8 Å². The summed E-state index contributed by atoms with van der Waals surface area (Å²) in [6.07, 6.45) is 16.9. The number of carbonyl (C=O) groups is 5. The highest BCUT2D eigenvalue weighted by molar-refractivity contribution is 5.97. The van der Waals surface area contributed by atoms with Crippen LogP contribution >= 0.6 is 0 Å². The van der Waals surface area contributed by atoms with Crippen molar-refractivity contribution in [2.45, 2.75) is 150 Å². The quantitative estimate of drug-likeness (QED) is 0.0620. The van der Waals surface area contributed by atoms with Gasteiger partial charge in [0.2, 0.25) is 29.5 Å². The molecule has 1 aromatic carbocycles. The molecule has 12 heteroatoms. The lowest BCUT2D eigenvalue weighted by molar-refractivity contribution is -0.132. The summed E-state index contributed by atoms with van der Waals surface area (Å²) in [4.78, 5) is 61.8. The molecule has 7 N–H and O–H groups in total. The summed E-state index contributed by atoms with van der Waals surface area (Å²) in [5.74, 6) is 1.96. The Morgan fingerprint density at radius 1 is 0.881 bits per heavy atom. The second-order valence-electron chi connectivity index (χ2n) is 19.1. The average molecular weight is 820 g/mol. The maximum absolute atomic E-state index is 12.7. The first kappa shape index (κ1) is 46.3. The summed E-state index contributed by atoms with van der Waals surface area (Å²) >= 11 is 0. The zero-order valence-corrected chi connectivity index (χ0v) is 36.4. The van der Waals surface area contributed by atoms with Gasteiger partial charge in [0.15, 0.2) is 0 Å². The third kappa shape index (κ3) is 12.2. The summed E-state index contributed by atoms with van der Waals surface area (Å²) < 4.78 is 6.37. The number of fused-ring (bicyclic) bond motifs is 5. The summed E-state index contributed by atoms with van der Waals surface area (Å²) in [6, 6.07) is 5.23. The van der Waals surface area contributed by atoms with Crippen LogP contribution in [0.25, 0.3) is 0 Å². The van der Waals surface area contributed by atoms with Gasteiger partial charge >= 0.3 is 0 Å². The Hall–Kier alpha value is -3.77. The largest absolute Gasteiger partial charge is 0.392 e. The van der Waals surface area contributed by atoms with Crippen molar-refractivity contribution in [1.82, 2.24) is 16.0 Å². The molecule has 5 amide bonds. The van der Waals surface area contributed by atoms with E-state index < -0.39 is 42.6 Å². The molecule has 9 unspecified atom stereocenters. The second-order valence-corrected chi connectivity index (χ2v) is 19.1. The highest BCUT2D eigenvalue weighted by Crippen LogP contribution is 2.67. The molecule has 4 aliphatic rings. The fourth-order valence-electron chi connectivity index (χ4n) is 11.5. The minimum atomic E-state index is -1.29. The van der Waals surface area contributed by atoms with Crippen molar-refractivity contribution in [2.75, 3.05) is 25.0 Å². The lowest BCUT2D eigenvalue weighted by Gasteiger charge is -2.58. The molecule has 0 aromatic heterocycles. The minimum Gasteiger partial charge on any atom is -0.392 e. The number of nitrogens with one attached hydrogen (secondary N) is 4. The number of rotatable bonds is 21. The van der Waals surface area contributed by atoms with Gasteiger partial charge < -0.3 is 36.8 Å². The predicted molar refractivity (Wildman–Crippen MR) is 229 cm³/mol. The standard InChI is InChI=1S/C47H73N5O7/c1-30(2)8-6-9-31(3)37-16-17-38-36-15-12-33-26-35(20-22-46(33,4)39(36)21-23-47(37,38)5)59-25-7-24-49-42(55)18-19-43(56)52-40(27-41(48)54)45(58)50-28-44(57)51-34-13-10-32(29-53)11-14-34/h10-14,30-31,35-40,53H,6-9,15-29H2,1-5H3,(H2,48,54)(H,49,55)(H,50,58)(H,51,57)(H,52,56). The molecular weight excluding hydrogens is 747 g/mol. The smallest absolute Gasteiger partial charge is 0.243 e. The first-order chi connectivity index (χ1) is 28.1. The molecule has 0 heterocycles. The molecule has 0 spiro atoms. The zero-order valence-electron chi connectivity index (χ0n) is 36.4. The number of primary amides is 1. The van der Waals surface area contributed by atoms with Crippen molar-refractivity contribution >= 4 is 35.2 Å². The van der Waals surface area contributed by atoms with Gasteiger partial charge in [-0.05, 0) is 122 Å². The zero-order chi connectivity index (χ0) is 42.7. The summed E-state index contributed by atoms with van der Waals surface area (Å²) in [6.45, 7) is 12.9. The highest BCUT2D eigenvalue weighted by atomic mass is 16.5. The third-order valence-corrected chi connectivity index (χ3v) is 14.7. The van der Waals surface area contributed by atoms with Crippen LogP contribution in [0.5, 0.6) is 0 Å². The van der Waals surface area contributed by atoms with E-state index in [1.165, 1.54) is 57.8 Å². The topological polar surface area (TPSA) is 189 Å². The third-order valence-electron chi connectivity index (χ3n) is 14.7. The average Bonchev–Trinajstić information content (AvgIpc) is 3.56. The van der Waals surface area contributed by atoms with E-state index in [-0.39, 0.29) is 36.9 Å². The fourth-order valence-corrected chi connectivity index (χ4v) is 11.5. The van der Waals surface area contributed by atoms with Gasteiger partial charge in [-0.3, -0.25) is 24.0 Å². The number of aliphatic hydroxyl groups excluding tert-OH is 1. The van der Waals surface area contributed by atoms with Gasteiger partial charge in [0, 0.05) is 31.7 Å². The number of nitrogens with two attached hydrogens (primary N) is 1. The van der Waals surface area contributed by atoms with E-state index in [4.69, 9.17) is 15.6 Å². The van der Waals surface area contributed by atoms with Crippen LogP contribution in [0.15, 0.2) is 35.9 Å². The van der Waals surface area contributed by atoms with Crippen molar-refractivity contribution in [3.8, 4) is 0 Å². The minimum absolute atomic E-state index is 0.0927. The van der Waals surface area contributed by atoms with Gasteiger partial charge in [-0.1, -0.05) is 77.7 Å². The molecule has 0 radical (unpaired) electrons. The monoisotopic (exact) mass is 820 g/mol. The molecule has 0 saturated heterocycles. The molecule has 1 aromatic rings. The summed E-state index contributed by atoms with van der Waals surface area (Å²) in [5, 5.41) is 19.5. The molecule has 0 bridgehead atoms. The van der Waals surface area contributed by atoms with E-state index in [1.807, 2.05) is 0 Å². The van der Waals surface area contributed by atoms with Crippen molar-refractivity contribution < 1.29 is 33.8 Å². The van der Waals surface area contributed by atoms with Gasteiger partial charge in [-0.25, -0.2) is 0 Å². The Balaban J connectivity index is 0.978. The van der Waals surface area contributed by atoms with Crippen LogP contribution in [0.4, 0.5) is 5.69 Å². The molecule has 5 rings (SSSR count). The van der Waals surface area contributed by atoms with Crippen molar-refractivity contribution in [3.05, 3.63) is 41.5 Å².